The lowest BCUT2D eigenvalue weighted by Gasteiger charge is -2.23. The van der Waals surface area contributed by atoms with Crippen LogP contribution in [-0.2, 0) is 0 Å². The Hall–Kier alpha value is -1.13. The molecular weight excluding hydrogens is 268 g/mol. The Morgan fingerprint density at radius 1 is 1.38 bits per heavy atom. The van der Waals surface area contributed by atoms with Gasteiger partial charge in [0.05, 0.1) is 5.92 Å². The summed E-state index contributed by atoms with van der Waals surface area (Å²) in [5.41, 5.74) is 1.99. The SMILES string of the molecule is Brc1cccc(-c2coc(C3CNC3)n2)c1. The quantitative estimate of drug-likeness (QED) is 0.918. The van der Waals surface area contributed by atoms with E-state index in [1.807, 2.05) is 24.3 Å². The van der Waals surface area contributed by atoms with E-state index in [0.717, 1.165) is 34.7 Å². The fourth-order valence-electron chi connectivity index (χ4n) is 1.72. The highest BCUT2D eigenvalue weighted by molar-refractivity contribution is 9.10. The van der Waals surface area contributed by atoms with Crippen LogP contribution in [-0.4, -0.2) is 18.1 Å². The predicted molar refractivity (Wildman–Crippen MR) is 65.2 cm³/mol. The van der Waals surface area contributed by atoms with Crippen molar-refractivity contribution >= 4 is 15.9 Å². The molecule has 0 saturated carbocycles. The van der Waals surface area contributed by atoms with E-state index in [9.17, 15) is 0 Å². The molecule has 0 aliphatic carbocycles. The highest BCUT2D eigenvalue weighted by Crippen LogP contribution is 2.26. The van der Waals surface area contributed by atoms with E-state index in [1.165, 1.54) is 0 Å². The highest BCUT2D eigenvalue weighted by Gasteiger charge is 2.23. The maximum absolute atomic E-state index is 5.50. The molecule has 0 radical (unpaired) electrons. The Kier molecular flexibility index (Phi) is 2.53. The summed E-state index contributed by atoms with van der Waals surface area (Å²) in [5.74, 6) is 1.29. The van der Waals surface area contributed by atoms with E-state index in [1.54, 1.807) is 6.26 Å². The number of hydrogen-bond donors (Lipinski definition) is 1. The van der Waals surface area contributed by atoms with Gasteiger partial charge in [-0.05, 0) is 12.1 Å². The first-order valence-electron chi connectivity index (χ1n) is 5.25. The summed E-state index contributed by atoms with van der Waals surface area (Å²) >= 11 is 3.45. The van der Waals surface area contributed by atoms with Crippen LogP contribution >= 0.6 is 15.9 Å². The number of halogens is 1. The predicted octanol–water partition coefficient (Wildman–Crippen LogP) is 2.79. The van der Waals surface area contributed by atoms with Crippen LogP contribution in [0.25, 0.3) is 11.3 Å². The first-order chi connectivity index (χ1) is 7.83. The topological polar surface area (TPSA) is 38.1 Å². The maximum Gasteiger partial charge on any atom is 0.200 e. The number of aromatic nitrogens is 1. The third-order valence-electron chi connectivity index (χ3n) is 2.77. The van der Waals surface area contributed by atoms with Gasteiger partial charge in [-0.25, -0.2) is 4.98 Å². The minimum atomic E-state index is 0.445. The molecular formula is C12H11BrN2O. The molecule has 1 aromatic carbocycles. The number of nitrogens with zero attached hydrogens (tertiary/aromatic N) is 1. The van der Waals surface area contributed by atoms with Crippen LogP contribution in [0.4, 0.5) is 0 Å². The summed E-state index contributed by atoms with van der Waals surface area (Å²) in [6, 6.07) is 8.07. The van der Waals surface area contributed by atoms with Crippen molar-refractivity contribution in [3.8, 4) is 11.3 Å². The van der Waals surface area contributed by atoms with Crippen molar-refractivity contribution in [1.82, 2.24) is 10.3 Å². The Balaban J connectivity index is 1.91. The van der Waals surface area contributed by atoms with E-state index < -0.39 is 0 Å². The van der Waals surface area contributed by atoms with Crippen molar-refractivity contribution in [3.63, 3.8) is 0 Å². The molecule has 0 bridgehead atoms. The molecule has 82 valence electrons. The maximum atomic E-state index is 5.50. The summed E-state index contributed by atoms with van der Waals surface area (Å²) < 4.78 is 6.55. The number of oxazole rings is 1. The number of nitrogens with one attached hydrogen (secondary N) is 1. The van der Waals surface area contributed by atoms with E-state index in [4.69, 9.17) is 4.42 Å². The van der Waals surface area contributed by atoms with Crippen LogP contribution in [0.15, 0.2) is 39.4 Å². The molecule has 1 aliphatic heterocycles. The van der Waals surface area contributed by atoms with Gasteiger partial charge in [0.25, 0.3) is 0 Å². The minimum Gasteiger partial charge on any atom is -0.448 e. The molecule has 3 nitrogen and oxygen atoms in total. The summed E-state index contributed by atoms with van der Waals surface area (Å²) in [4.78, 5) is 4.52. The zero-order valence-electron chi connectivity index (χ0n) is 8.61. The van der Waals surface area contributed by atoms with Gasteiger partial charge in [0.15, 0.2) is 5.89 Å². The Morgan fingerprint density at radius 2 is 2.25 bits per heavy atom. The van der Waals surface area contributed by atoms with Crippen molar-refractivity contribution < 1.29 is 4.42 Å². The van der Waals surface area contributed by atoms with Crippen molar-refractivity contribution in [2.45, 2.75) is 5.92 Å². The molecule has 0 amide bonds. The normalized spacial score (nSPS) is 16.1. The average Bonchev–Trinajstić information content (AvgIpc) is 2.64. The molecule has 2 aromatic rings. The number of hydrogen-bond acceptors (Lipinski definition) is 3. The summed E-state index contributed by atoms with van der Waals surface area (Å²) in [6.45, 7) is 1.94. The van der Waals surface area contributed by atoms with Gasteiger partial charge >= 0.3 is 0 Å². The summed E-state index contributed by atoms with van der Waals surface area (Å²) in [7, 11) is 0. The second-order valence-electron chi connectivity index (χ2n) is 3.94. The molecule has 1 N–H and O–H groups in total. The largest absolute Gasteiger partial charge is 0.448 e. The standard InChI is InChI=1S/C12H11BrN2O/c13-10-3-1-2-8(4-10)11-7-16-12(15-11)9-5-14-6-9/h1-4,7,9,14H,5-6H2. The van der Waals surface area contributed by atoms with E-state index in [2.05, 4.69) is 26.2 Å². The lowest BCUT2D eigenvalue weighted by atomic mass is 10.0. The summed E-state index contributed by atoms with van der Waals surface area (Å²) in [6.07, 6.45) is 1.73. The van der Waals surface area contributed by atoms with Gasteiger partial charge < -0.3 is 9.73 Å². The van der Waals surface area contributed by atoms with Crippen molar-refractivity contribution in [3.05, 3.63) is 40.9 Å². The first kappa shape index (κ1) is 10.1. The van der Waals surface area contributed by atoms with Crippen molar-refractivity contribution in [2.75, 3.05) is 13.1 Å². The first-order valence-corrected chi connectivity index (χ1v) is 6.04. The van der Waals surface area contributed by atoms with E-state index in [-0.39, 0.29) is 0 Å². The molecule has 3 rings (SSSR count). The van der Waals surface area contributed by atoms with Crippen molar-refractivity contribution in [2.24, 2.45) is 0 Å². The third kappa shape index (κ3) is 1.79. The molecule has 0 spiro atoms. The fourth-order valence-corrected chi connectivity index (χ4v) is 2.12. The van der Waals surface area contributed by atoms with Gasteiger partial charge in [-0.3, -0.25) is 0 Å². The monoisotopic (exact) mass is 278 g/mol. The molecule has 1 aromatic heterocycles. The molecule has 0 unspecified atom stereocenters. The van der Waals surface area contributed by atoms with Crippen LogP contribution in [0.3, 0.4) is 0 Å². The fraction of sp³-hybridized carbons (Fsp3) is 0.250. The van der Waals surface area contributed by atoms with E-state index >= 15 is 0 Å². The van der Waals surface area contributed by atoms with Gasteiger partial charge in [-0.1, -0.05) is 28.1 Å². The lowest BCUT2D eigenvalue weighted by Crippen LogP contribution is -2.40. The zero-order chi connectivity index (χ0) is 11.0. The zero-order valence-corrected chi connectivity index (χ0v) is 10.2. The number of rotatable bonds is 2. The van der Waals surface area contributed by atoms with E-state index in [0.29, 0.717) is 5.92 Å². The molecule has 1 fully saturated rings. The van der Waals surface area contributed by atoms with Crippen LogP contribution < -0.4 is 5.32 Å². The average molecular weight is 279 g/mol. The second-order valence-corrected chi connectivity index (χ2v) is 4.85. The second kappa shape index (κ2) is 4.03. The smallest absolute Gasteiger partial charge is 0.200 e. The van der Waals surface area contributed by atoms with Gasteiger partial charge in [0, 0.05) is 23.1 Å². The Labute approximate surface area is 102 Å². The number of benzene rings is 1. The van der Waals surface area contributed by atoms with Gasteiger partial charge in [-0.2, -0.15) is 0 Å². The van der Waals surface area contributed by atoms with Crippen molar-refractivity contribution in [1.29, 1.82) is 0 Å². The minimum absolute atomic E-state index is 0.445. The molecule has 0 atom stereocenters. The molecule has 2 heterocycles. The molecule has 1 aliphatic rings. The lowest BCUT2D eigenvalue weighted by molar-refractivity contribution is 0.357. The van der Waals surface area contributed by atoms with Crippen LogP contribution in [0.5, 0.6) is 0 Å². The van der Waals surface area contributed by atoms with Gasteiger partial charge in [0.1, 0.15) is 12.0 Å². The Bertz CT molecular complexity index is 505. The summed E-state index contributed by atoms with van der Waals surface area (Å²) in [5, 5.41) is 3.21. The van der Waals surface area contributed by atoms with Gasteiger partial charge in [0.2, 0.25) is 0 Å². The van der Waals surface area contributed by atoms with Crippen LogP contribution in [0, 0.1) is 0 Å². The molecule has 16 heavy (non-hydrogen) atoms. The van der Waals surface area contributed by atoms with Gasteiger partial charge in [-0.15, -0.1) is 0 Å². The van der Waals surface area contributed by atoms with Crippen LogP contribution in [0.1, 0.15) is 11.8 Å². The molecule has 4 heteroatoms. The molecule has 1 saturated heterocycles. The third-order valence-corrected chi connectivity index (χ3v) is 3.27. The Morgan fingerprint density at radius 3 is 2.94 bits per heavy atom. The van der Waals surface area contributed by atoms with Crippen LogP contribution in [0.2, 0.25) is 0 Å². The highest BCUT2D eigenvalue weighted by atomic mass is 79.9.